The van der Waals surface area contributed by atoms with Gasteiger partial charge in [0.25, 0.3) is 0 Å². The van der Waals surface area contributed by atoms with Gasteiger partial charge < -0.3 is 10.2 Å². The Labute approximate surface area is 99.8 Å². The van der Waals surface area contributed by atoms with Crippen molar-refractivity contribution < 1.29 is 9.59 Å². The molecule has 0 unspecified atom stereocenters. The molecule has 0 saturated carbocycles. The molecule has 0 saturated heterocycles. The van der Waals surface area contributed by atoms with E-state index in [1.807, 2.05) is 0 Å². The van der Waals surface area contributed by atoms with Crippen LogP contribution in [0.25, 0.3) is 0 Å². The number of likely N-dealkylation sites (N-methyl/N-ethyl adjacent to an activating group) is 1. The lowest BCUT2D eigenvalue weighted by Crippen LogP contribution is -2.26. The van der Waals surface area contributed by atoms with E-state index in [1.165, 1.54) is 15.8 Å². The molecule has 1 aromatic rings. The lowest BCUT2D eigenvalue weighted by atomic mass is 10.2. The maximum atomic E-state index is 11.4. The number of hydrogen-bond donors (Lipinski definition) is 1. The lowest BCUT2D eigenvalue weighted by molar-refractivity contribution is -0.129. The first-order valence-electron chi connectivity index (χ1n) is 5.31. The molecule has 17 heavy (non-hydrogen) atoms. The predicted octanol–water partition coefficient (Wildman–Crippen LogP) is -0.0392. The van der Waals surface area contributed by atoms with E-state index in [2.05, 4.69) is 15.6 Å². The molecular formula is C10H17N5O2. The first-order chi connectivity index (χ1) is 7.90. The molecule has 0 aliphatic rings. The first-order valence-corrected chi connectivity index (χ1v) is 5.31. The lowest BCUT2D eigenvalue weighted by Gasteiger charge is -2.08. The van der Waals surface area contributed by atoms with E-state index in [0.717, 1.165) is 0 Å². The fourth-order valence-electron chi connectivity index (χ4n) is 0.984. The Morgan fingerprint density at radius 1 is 1.47 bits per heavy atom. The highest BCUT2D eigenvalue weighted by Gasteiger charge is 2.11. The molecule has 94 valence electrons. The monoisotopic (exact) mass is 239 g/mol. The van der Waals surface area contributed by atoms with E-state index in [9.17, 15) is 9.59 Å². The molecule has 7 heteroatoms. The second kappa shape index (κ2) is 5.42. The average Bonchev–Trinajstić information content (AvgIpc) is 2.65. The number of nitrogens with zero attached hydrogens (tertiary/aromatic N) is 4. The Hall–Kier alpha value is -1.92. The van der Waals surface area contributed by atoms with E-state index >= 15 is 0 Å². The van der Waals surface area contributed by atoms with Crippen LogP contribution in [0.3, 0.4) is 0 Å². The predicted molar refractivity (Wildman–Crippen MR) is 62.2 cm³/mol. The molecule has 1 N–H and O–H groups in total. The Morgan fingerprint density at radius 2 is 2.12 bits per heavy atom. The van der Waals surface area contributed by atoms with Gasteiger partial charge in [0.15, 0.2) is 5.82 Å². The van der Waals surface area contributed by atoms with Crippen LogP contribution in [-0.4, -0.2) is 45.8 Å². The molecule has 0 atom stereocenters. The minimum Gasteiger partial charge on any atom is -0.347 e. The van der Waals surface area contributed by atoms with E-state index in [1.54, 1.807) is 27.9 Å². The van der Waals surface area contributed by atoms with Gasteiger partial charge in [0.2, 0.25) is 11.8 Å². The number of nitrogens with one attached hydrogen (secondary N) is 1. The largest absolute Gasteiger partial charge is 0.347 e. The number of rotatable bonds is 4. The zero-order valence-corrected chi connectivity index (χ0v) is 10.5. The second-order valence-electron chi connectivity index (χ2n) is 4.23. The normalized spacial score (nSPS) is 10.4. The van der Waals surface area contributed by atoms with Gasteiger partial charge in [0.05, 0.1) is 6.20 Å². The number of aromatic nitrogens is 3. The summed E-state index contributed by atoms with van der Waals surface area (Å²) in [6.07, 6.45) is 1.53. The summed E-state index contributed by atoms with van der Waals surface area (Å²) in [5, 5.41) is 10.1. The van der Waals surface area contributed by atoms with Gasteiger partial charge in [0, 0.05) is 20.0 Å². The van der Waals surface area contributed by atoms with Crippen molar-refractivity contribution in [3.8, 4) is 0 Å². The number of amides is 2. The molecule has 0 spiro atoms. The van der Waals surface area contributed by atoms with Crippen LogP contribution in [0.1, 0.15) is 13.8 Å². The fourth-order valence-corrected chi connectivity index (χ4v) is 0.984. The van der Waals surface area contributed by atoms with Crippen LogP contribution in [0.4, 0.5) is 5.82 Å². The van der Waals surface area contributed by atoms with E-state index in [0.29, 0.717) is 5.82 Å². The number of carbonyl (C=O) groups excluding carboxylic acids is 2. The van der Waals surface area contributed by atoms with Gasteiger partial charge in [0.1, 0.15) is 6.54 Å². The summed E-state index contributed by atoms with van der Waals surface area (Å²) >= 11 is 0. The van der Waals surface area contributed by atoms with Crippen LogP contribution >= 0.6 is 0 Å². The highest BCUT2D eigenvalue weighted by molar-refractivity contribution is 5.90. The van der Waals surface area contributed by atoms with Crippen molar-refractivity contribution in [1.82, 2.24) is 19.9 Å². The van der Waals surface area contributed by atoms with Crippen molar-refractivity contribution in [2.45, 2.75) is 20.4 Å². The Kier molecular flexibility index (Phi) is 4.19. The fraction of sp³-hybridized carbons (Fsp3) is 0.600. The van der Waals surface area contributed by atoms with Crippen LogP contribution in [-0.2, 0) is 16.1 Å². The average molecular weight is 239 g/mol. The molecule has 0 bridgehead atoms. The summed E-state index contributed by atoms with van der Waals surface area (Å²) in [4.78, 5) is 24.3. The second-order valence-corrected chi connectivity index (χ2v) is 4.23. The molecule has 0 radical (unpaired) electrons. The van der Waals surface area contributed by atoms with Gasteiger partial charge in [-0.15, -0.1) is 5.10 Å². The molecule has 0 aliphatic heterocycles. The van der Waals surface area contributed by atoms with Crippen LogP contribution < -0.4 is 5.32 Å². The topological polar surface area (TPSA) is 80.1 Å². The third-order valence-corrected chi connectivity index (χ3v) is 2.11. The van der Waals surface area contributed by atoms with Crippen molar-refractivity contribution in [3.63, 3.8) is 0 Å². The SMILES string of the molecule is CC(C)C(=O)Nc1cn(CC(=O)N(C)C)nn1. The summed E-state index contributed by atoms with van der Waals surface area (Å²) in [6.45, 7) is 3.68. The van der Waals surface area contributed by atoms with Crippen LogP contribution in [0, 0.1) is 5.92 Å². The van der Waals surface area contributed by atoms with E-state index in [-0.39, 0.29) is 24.3 Å². The first kappa shape index (κ1) is 13.1. The summed E-state index contributed by atoms with van der Waals surface area (Å²) in [5.41, 5.74) is 0. The van der Waals surface area contributed by atoms with Crippen molar-refractivity contribution in [3.05, 3.63) is 6.20 Å². The molecule has 0 aliphatic carbocycles. The maximum Gasteiger partial charge on any atom is 0.243 e. The zero-order valence-electron chi connectivity index (χ0n) is 10.5. The molecule has 0 aromatic carbocycles. The summed E-state index contributed by atoms with van der Waals surface area (Å²) in [5.74, 6) is 0.0198. The third kappa shape index (κ3) is 3.86. The highest BCUT2D eigenvalue weighted by Crippen LogP contribution is 2.03. The van der Waals surface area contributed by atoms with Gasteiger partial charge in [-0.2, -0.15) is 0 Å². The standard InChI is InChI=1S/C10H17N5O2/c1-7(2)10(17)11-8-5-15(13-12-8)6-9(16)14(3)4/h5,7H,6H2,1-4H3,(H,11,17). The van der Waals surface area contributed by atoms with Crippen LogP contribution in [0.2, 0.25) is 0 Å². The molecular weight excluding hydrogens is 222 g/mol. The quantitative estimate of drug-likeness (QED) is 0.799. The minimum absolute atomic E-state index is 0.0864. The molecule has 1 heterocycles. The van der Waals surface area contributed by atoms with Gasteiger partial charge in [-0.3, -0.25) is 9.59 Å². The number of anilines is 1. The van der Waals surface area contributed by atoms with Crippen molar-refractivity contribution >= 4 is 17.6 Å². The van der Waals surface area contributed by atoms with E-state index in [4.69, 9.17) is 0 Å². The van der Waals surface area contributed by atoms with Gasteiger partial charge >= 0.3 is 0 Å². The third-order valence-electron chi connectivity index (χ3n) is 2.11. The summed E-state index contributed by atoms with van der Waals surface area (Å²) < 4.78 is 1.39. The molecule has 2 amide bonds. The van der Waals surface area contributed by atoms with Crippen LogP contribution in [0.5, 0.6) is 0 Å². The van der Waals surface area contributed by atoms with Crippen molar-refractivity contribution in [2.24, 2.45) is 5.92 Å². The minimum atomic E-state index is -0.129. The Balaban J connectivity index is 2.60. The Morgan fingerprint density at radius 3 is 2.65 bits per heavy atom. The van der Waals surface area contributed by atoms with Crippen molar-refractivity contribution in [2.75, 3.05) is 19.4 Å². The number of carbonyl (C=O) groups is 2. The molecule has 7 nitrogen and oxygen atoms in total. The molecule has 1 aromatic heterocycles. The highest BCUT2D eigenvalue weighted by atomic mass is 16.2. The maximum absolute atomic E-state index is 11.4. The zero-order chi connectivity index (χ0) is 13.0. The summed E-state index contributed by atoms with van der Waals surface area (Å²) in [7, 11) is 3.33. The molecule has 1 rings (SSSR count). The molecule has 0 fully saturated rings. The summed E-state index contributed by atoms with van der Waals surface area (Å²) in [6, 6.07) is 0. The smallest absolute Gasteiger partial charge is 0.243 e. The van der Waals surface area contributed by atoms with Gasteiger partial charge in [-0.05, 0) is 0 Å². The van der Waals surface area contributed by atoms with Gasteiger partial charge in [-0.1, -0.05) is 19.1 Å². The Bertz CT molecular complexity index is 374. The van der Waals surface area contributed by atoms with Crippen molar-refractivity contribution in [1.29, 1.82) is 0 Å². The number of hydrogen-bond acceptors (Lipinski definition) is 4. The van der Waals surface area contributed by atoms with E-state index < -0.39 is 0 Å². The van der Waals surface area contributed by atoms with Crippen LogP contribution in [0.15, 0.2) is 6.20 Å². The van der Waals surface area contributed by atoms with Gasteiger partial charge in [-0.25, -0.2) is 4.68 Å².